The normalized spacial score (nSPS) is 11.0. The predicted octanol–water partition coefficient (Wildman–Crippen LogP) is 1.25. The van der Waals surface area contributed by atoms with Gasteiger partial charge in [0.1, 0.15) is 5.03 Å². The number of pyridine rings is 1. The average molecular weight is 381 g/mol. The minimum Gasteiger partial charge on any atom is -0.452 e. The molecule has 1 aromatic carbocycles. The summed E-state index contributed by atoms with van der Waals surface area (Å²) in [5.74, 6) is -1.22. The van der Waals surface area contributed by atoms with Crippen molar-refractivity contribution in [1.29, 1.82) is 0 Å². The van der Waals surface area contributed by atoms with E-state index in [9.17, 15) is 18.0 Å². The third kappa shape index (κ3) is 5.28. The molecule has 0 atom stereocenters. The number of sulfonamides is 1. The molecule has 1 amide bonds. The average Bonchev–Trinajstić information content (AvgIpc) is 2.59. The van der Waals surface area contributed by atoms with E-state index >= 15 is 0 Å². The second-order valence-electron chi connectivity index (χ2n) is 4.75. The maximum absolute atomic E-state index is 12.0. The van der Waals surface area contributed by atoms with Crippen molar-refractivity contribution in [3.63, 3.8) is 0 Å². The lowest BCUT2D eigenvalue weighted by Gasteiger charge is -2.08. The number of carbonyl (C=O) groups excluding carboxylic acids is 2. The molecule has 10 heteroatoms. The fourth-order valence-electron chi connectivity index (χ4n) is 1.84. The SMILES string of the molecule is CSc1ncccc1C(=O)OCC(=O)Nc1ccc(S(N)(=O)=O)cc1. The monoisotopic (exact) mass is 381 g/mol. The molecule has 1 heterocycles. The highest BCUT2D eigenvalue weighted by Crippen LogP contribution is 2.17. The lowest BCUT2D eigenvalue weighted by atomic mass is 10.3. The Morgan fingerprint density at radius 1 is 1.24 bits per heavy atom. The van der Waals surface area contributed by atoms with Crippen molar-refractivity contribution in [3.05, 3.63) is 48.2 Å². The Labute approximate surface area is 148 Å². The van der Waals surface area contributed by atoms with Crippen LogP contribution in [0.3, 0.4) is 0 Å². The summed E-state index contributed by atoms with van der Waals surface area (Å²) >= 11 is 1.29. The Balaban J connectivity index is 1.93. The number of hydrogen-bond donors (Lipinski definition) is 2. The van der Waals surface area contributed by atoms with Crippen LogP contribution in [-0.2, 0) is 19.6 Å². The second kappa shape index (κ2) is 8.10. The maximum Gasteiger partial charge on any atom is 0.341 e. The summed E-state index contributed by atoms with van der Waals surface area (Å²) in [7, 11) is -3.80. The van der Waals surface area contributed by atoms with E-state index in [1.807, 2.05) is 0 Å². The number of primary sulfonamides is 1. The molecule has 0 aliphatic heterocycles. The molecule has 0 radical (unpaired) electrons. The summed E-state index contributed by atoms with van der Waals surface area (Å²) in [6, 6.07) is 8.45. The van der Waals surface area contributed by atoms with Gasteiger partial charge in [0.15, 0.2) is 6.61 Å². The van der Waals surface area contributed by atoms with E-state index in [-0.39, 0.29) is 10.5 Å². The second-order valence-corrected chi connectivity index (χ2v) is 7.11. The molecule has 0 unspecified atom stereocenters. The lowest BCUT2D eigenvalue weighted by Crippen LogP contribution is -2.21. The van der Waals surface area contributed by atoms with Gasteiger partial charge >= 0.3 is 5.97 Å². The number of carbonyl (C=O) groups is 2. The standard InChI is InChI=1S/C15H15N3O5S2/c1-24-14-12(3-2-8-17-14)15(20)23-9-13(19)18-10-4-6-11(7-5-10)25(16,21)22/h2-8H,9H2,1H3,(H,18,19)(H2,16,21,22). The first kappa shape index (κ1) is 18.9. The van der Waals surface area contributed by atoms with Gasteiger partial charge in [-0.15, -0.1) is 11.8 Å². The van der Waals surface area contributed by atoms with Gasteiger partial charge in [0.25, 0.3) is 5.91 Å². The summed E-state index contributed by atoms with van der Waals surface area (Å²) in [6.07, 6.45) is 3.33. The maximum atomic E-state index is 12.0. The van der Waals surface area contributed by atoms with E-state index in [0.717, 1.165) is 0 Å². The highest BCUT2D eigenvalue weighted by atomic mass is 32.2. The van der Waals surface area contributed by atoms with Crippen LogP contribution in [0.15, 0.2) is 52.5 Å². The summed E-state index contributed by atoms with van der Waals surface area (Å²) in [5.41, 5.74) is 0.625. The zero-order valence-corrected chi connectivity index (χ0v) is 14.8. The van der Waals surface area contributed by atoms with Gasteiger partial charge in [-0.2, -0.15) is 0 Å². The number of nitrogens with zero attached hydrogens (tertiary/aromatic N) is 1. The number of nitrogens with one attached hydrogen (secondary N) is 1. The van der Waals surface area contributed by atoms with Crippen molar-refractivity contribution in [2.45, 2.75) is 9.92 Å². The molecule has 2 rings (SSSR count). The van der Waals surface area contributed by atoms with Crippen LogP contribution in [-0.4, -0.2) is 38.1 Å². The first-order chi connectivity index (χ1) is 11.8. The van der Waals surface area contributed by atoms with Crippen molar-refractivity contribution in [2.24, 2.45) is 5.14 Å². The number of hydrogen-bond acceptors (Lipinski definition) is 7. The van der Waals surface area contributed by atoms with Gasteiger partial charge in [0, 0.05) is 11.9 Å². The van der Waals surface area contributed by atoms with E-state index in [4.69, 9.17) is 9.88 Å². The number of thioether (sulfide) groups is 1. The highest BCUT2D eigenvalue weighted by molar-refractivity contribution is 7.98. The molecule has 132 valence electrons. The number of esters is 1. The fraction of sp³-hybridized carbons (Fsp3) is 0.133. The number of benzene rings is 1. The van der Waals surface area contributed by atoms with Crippen molar-refractivity contribution < 1.29 is 22.7 Å². The van der Waals surface area contributed by atoms with Gasteiger partial charge in [-0.25, -0.2) is 23.3 Å². The highest BCUT2D eigenvalue weighted by Gasteiger charge is 2.15. The fourth-order valence-corrected chi connectivity index (χ4v) is 2.90. The summed E-state index contributed by atoms with van der Waals surface area (Å²) in [5, 5.41) is 7.98. The van der Waals surface area contributed by atoms with Crippen LogP contribution in [0.5, 0.6) is 0 Å². The smallest absolute Gasteiger partial charge is 0.341 e. The number of aromatic nitrogens is 1. The molecule has 0 aliphatic rings. The van der Waals surface area contributed by atoms with E-state index in [1.165, 1.54) is 36.0 Å². The summed E-state index contributed by atoms with van der Waals surface area (Å²) in [6.45, 7) is -0.488. The summed E-state index contributed by atoms with van der Waals surface area (Å²) < 4.78 is 27.3. The first-order valence-corrected chi connectivity index (χ1v) is 9.67. The number of anilines is 1. The molecular formula is C15H15N3O5S2. The molecule has 0 saturated carbocycles. The van der Waals surface area contributed by atoms with Gasteiger partial charge in [0.2, 0.25) is 10.0 Å². The van der Waals surface area contributed by atoms with Crippen molar-refractivity contribution in [3.8, 4) is 0 Å². The van der Waals surface area contributed by atoms with Crippen LogP contribution in [0, 0.1) is 0 Å². The molecule has 0 aliphatic carbocycles. The van der Waals surface area contributed by atoms with Crippen molar-refractivity contribution >= 4 is 39.3 Å². The molecule has 2 aromatic rings. The molecule has 0 bridgehead atoms. The van der Waals surface area contributed by atoms with Gasteiger partial charge in [-0.1, -0.05) is 0 Å². The molecule has 3 N–H and O–H groups in total. The number of amides is 1. The minimum absolute atomic E-state index is 0.0712. The number of rotatable bonds is 6. The Hall–Kier alpha value is -2.43. The van der Waals surface area contributed by atoms with Crippen molar-refractivity contribution in [1.82, 2.24) is 4.98 Å². The largest absolute Gasteiger partial charge is 0.452 e. The van der Waals surface area contributed by atoms with Gasteiger partial charge in [-0.3, -0.25) is 4.79 Å². The number of ether oxygens (including phenoxy) is 1. The number of nitrogens with two attached hydrogens (primary N) is 1. The van der Waals surface area contributed by atoms with E-state index < -0.39 is 28.5 Å². The van der Waals surface area contributed by atoms with Crippen molar-refractivity contribution in [2.75, 3.05) is 18.2 Å². The van der Waals surface area contributed by atoms with Gasteiger partial charge < -0.3 is 10.1 Å². The zero-order valence-electron chi connectivity index (χ0n) is 13.1. The molecule has 0 spiro atoms. The topological polar surface area (TPSA) is 128 Å². The van der Waals surface area contributed by atoms with E-state index in [1.54, 1.807) is 24.6 Å². The van der Waals surface area contributed by atoms with Gasteiger partial charge in [0.05, 0.1) is 10.5 Å². The molecule has 25 heavy (non-hydrogen) atoms. The van der Waals surface area contributed by atoms with Crippen LogP contribution in [0.1, 0.15) is 10.4 Å². The molecular weight excluding hydrogens is 366 g/mol. The van der Waals surface area contributed by atoms with Crippen LogP contribution in [0.25, 0.3) is 0 Å². The van der Waals surface area contributed by atoms with Crippen LogP contribution >= 0.6 is 11.8 Å². The third-order valence-corrected chi connectivity index (χ3v) is 4.63. The zero-order chi connectivity index (χ0) is 18.4. The van der Waals surface area contributed by atoms with Crippen LogP contribution < -0.4 is 10.5 Å². The summed E-state index contributed by atoms with van der Waals surface area (Å²) in [4.78, 5) is 27.8. The molecule has 0 saturated heterocycles. The Morgan fingerprint density at radius 2 is 1.92 bits per heavy atom. The van der Waals surface area contributed by atoms with Gasteiger partial charge in [-0.05, 0) is 42.7 Å². The molecule has 0 fully saturated rings. The third-order valence-electron chi connectivity index (χ3n) is 2.99. The predicted molar refractivity (Wildman–Crippen MR) is 92.7 cm³/mol. The Kier molecular flexibility index (Phi) is 6.12. The molecule has 1 aromatic heterocycles. The van der Waals surface area contributed by atoms with E-state index in [2.05, 4.69) is 10.3 Å². The Morgan fingerprint density at radius 3 is 2.52 bits per heavy atom. The first-order valence-electron chi connectivity index (χ1n) is 6.90. The van der Waals surface area contributed by atoms with Crippen LogP contribution in [0.4, 0.5) is 5.69 Å². The minimum atomic E-state index is -3.80. The Bertz CT molecular complexity index is 882. The van der Waals surface area contributed by atoms with E-state index in [0.29, 0.717) is 10.7 Å². The lowest BCUT2D eigenvalue weighted by molar-refractivity contribution is -0.119. The molecule has 8 nitrogen and oxygen atoms in total. The quantitative estimate of drug-likeness (QED) is 0.569. The van der Waals surface area contributed by atoms with Crippen LogP contribution in [0.2, 0.25) is 0 Å².